The smallest absolute Gasteiger partial charge is 0.303 e. The molecule has 0 aromatic rings. The summed E-state index contributed by atoms with van der Waals surface area (Å²) in [5.41, 5.74) is -0.463. The van der Waals surface area contributed by atoms with Gasteiger partial charge in [-0.3, -0.25) is 4.79 Å². The van der Waals surface area contributed by atoms with Crippen molar-refractivity contribution in [3.8, 4) is 24.0 Å². The molecule has 2 atom stereocenters. The van der Waals surface area contributed by atoms with Crippen LogP contribution in [0, 0.1) is 51.8 Å². The van der Waals surface area contributed by atoms with Crippen LogP contribution in [0.15, 0.2) is 24.3 Å². The number of carbonyl (C=O) groups is 1. The number of nitrogens with zero attached hydrogens (tertiary/aromatic N) is 2. The van der Waals surface area contributed by atoms with E-state index in [1.807, 2.05) is 6.08 Å². The third kappa shape index (κ3) is 4.24. The molecule has 0 aromatic heterocycles. The molecule has 0 radical (unpaired) electrons. The third-order valence-electron chi connectivity index (χ3n) is 3.78. The van der Waals surface area contributed by atoms with Crippen molar-refractivity contribution in [2.45, 2.75) is 33.1 Å². The van der Waals surface area contributed by atoms with E-state index in [-0.39, 0.29) is 18.9 Å². The number of allylic oxidation sites excluding steroid dienone is 3. The number of esters is 1. The molecule has 0 fully saturated rings. The lowest BCUT2D eigenvalue weighted by atomic mass is 9.68. The topological polar surface area (TPSA) is 73.9 Å². The van der Waals surface area contributed by atoms with E-state index in [0.717, 1.165) is 18.4 Å². The van der Waals surface area contributed by atoms with E-state index in [2.05, 4.69) is 37.5 Å². The van der Waals surface area contributed by atoms with Gasteiger partial charge in [0.2, 0.25) is 0 Å². The quantitative estimate of drug-likeness (QED) is 0.454. The van der Waals surface area contributed by atoms with Gasteiger partial charge >= 0.3 is 5.97 Å². The number of hydrogen-bond acceptors (Lipinski definition) is 4. The van der Waals surface area contributed by atoms with Crippen LogP contribution in [-0.4, -0.2) is 12.6 Å². The van der Waals surface area contributed by atoms with Gasteiger partial charge in [-0.25, -0.2) is 0 Å². The predicted octanol–water partition coefficient (Wildman–Crippen LogP) is 3.14. The van der Waals surface area contributed by atoms with Crippen LogP contribution in [0.2, 0.25) is 0 Å². The summed E-state index contributed by atoms with van der Waals surface area (Å²) < 4.78 is 4.72. The van der Waals surface area contributed by atoms with E-state index in [0.29, 0.717) is 5.92 Å². The molecule has 0 heterocycles. The average molecular weight is 296 g/mol. The highest BCUT2D eigenvalue weighted by atomic mass is 16.5. The maximum Gasteiger partial charge on any atom is 0.303 e. The zero-order chi connectivity index (χ0) is 16.6. The molecule has 22 heavy (non-hydrogen) atoms. The molecule has 114 valence electrons. The molecule has 0 unspecified atom stereocenters. The summed E-state index contributed by atoms with van der Waals surface area (Å²) in [6.45, 7) is 7.25. The van der Waals surface area contributed by atoms with Crippen LogP contribution < -0.4 is 0 Å². The van der Waals surface area contributed by atoms with Gasteiger partial charge in [0.25, 0.3) is 0 Å². The molecule has 0 saturated heterocycles. The minimum Gasteiger partial charge on any atom is -0.453 e. The molecule has 0 saturated carbocycles. The van der Waals surface area contributed by atoms with Crippen LogP contribution in [-0.2, 0) is 9.53 Å². The van der Waals surface area contributed by atoms with Crippen LogP contribution in [0.4, 0.5) is 0 Å². The zero-order valence-corrected chi connectivity index (χ0v) is 13.1. The lowest BCUT2D eigenvalue weighted by Gasteiger charge is -2.31. The van der Waals surface area contributed by atoms with Crippen molar-refractivity contribution in [1.82, 2.24) is 0 Å². The van der Waals surface area contributed by atoms with Crippen LogP contribution in [0.1, 0.15) is 33.1 Å². The second kappa shape index (κ2) is 8.06. The van der Waals surface area contributed by atoms with Crippen LogP contribution in [0.3, 0.4) is 0 Å². The highest BCUT2D eigenvalue weighted by Gasteiger charge is 2.39. The van der Waals surface area contributed by atoms with Gasteiger partial charge in [-0.1, -0.05) is 30.9 Å². The van der Waals surface area contributed by atoms with Gasteiger partial charge in [0.1, 0.15) is 0 Å². The first-order valence-corrected chi connectivity index (χ1v) is 7.23. The third-order valence-corrected chi connectivity index (χ3v) is 3.78. The minimum atomic E-state index is -1.26. The van der Waals surface area contributed by atoms with Crippen molar-refractivity contribution in [2.75, 3.05) is 6.61 Å². The molecule has 0 aliphatic heterocycles. The number of carbonyl (C=O) groups excluding carboxylic acids is 1. The summed E-state index contributed by atoms with van der Waals surface area (Å²) in [6, 6.07) is 4.25. The second-order valence-electron chi connectivity index (χ2n) is 5.52. The molecule has 0 N–H and O–H groups in total. The fourth-order valence-corrected chi connectivity index (χ4v) is 2.57. The van der Waals surface area contributed by atoms with E-state index in [9.17, 15) is 15.3 Å². The fraction of sp³-hybridized carbons (Fsp3) is 0.500. The lowest BCUT2D eigenvalue weighted by molar-refractivity contribution is -0.139. The summed E-state index contributed by atoms with van der Waals surface area (Å²) in [7, 11) is 0. The van der Waals surface area contributed by atoms with Crippen LogP contribution >= 0.6 is 0 Å². The fourth-order valence-electron chi connectivity index (χ4n) is 2.57. The Morgan fingerprint density at radius 2 is 2.18 bits per heavy atom. The first-order chi connectivity index (χ1) is 10.5. The van der Waals surface area contributed by atoms with Crippen molar-refractivity contribution in [3.63, 3.8) is 0 Å². The summed E-state index contributed by atoms with van der Waals surface area (Å²) >= 11 is 0. The largest absolute Gasteiger partial charge is 0.453 e. The molecular weight excluding hydrogens is 276 g/mol. The summed E-state index contributed by atoms with van der Waals surface area (Å²) in [4.78, 5) is 10.7. The first kappa shape index (κ1) is 17.5. The minimum absolute atomic E-state index is 0.0246. The van der Waals surface area contributed by atoms with E-state index in [1.165, 1.54) is 6.92 Å². The van der Waals surface area contributed by atoms with Gasteiger partial charge in [-0.05, 0) is 24.3 Å². The summed E-state index contributed by atoms with van der Waals surface area (Å²) in [5.74, 6) is 5.59. The first-order valence-electron chi connectivity index (χ1n) is 7.23. The monoisotopic (exact) mass is 296 g/mol. The highest BCUT2D eigenvalue weighted by Crippen LogP contribution is 2.42. The molecule has 1 aliphatic rings. The second-order valence-corrected chi connectivity index (χ2v) is 5.52. The van der Waals surface area contributed by atoms with E-state index < -0.39 is 11.4 Å². The molecule has 0 bridgehead atoms. The van der Waals surface area contributed by atoms with E-state index in [4.69, 9.17) is 4.74 Å². The predicted molar refractivity (Wildman–Crippen MR) is 82.9 cm³/mol. The lowest BCUT2D eigenvalue weighted by Crippen LogP contribution is -2.27. The van der Waals surface area contributed by atoms with Gasteiger partial charge in [0.15, 0.2) is 12.0 Å². The van der Waals surface area contributed by atoms with Crippen molar-refractivity contribution in [1.29, 1.82) is 10.5 Å². The Kier molecular flexibility index (Phi) is 6.43. The normalized spacial score (nSPS) is 20.5. The molecule has 0 aromatic carbocycles. The molecule has 1 aliphatic carbocycles. The summed E-state index contributed by atoms with van der Waals surface area (Å²) in [6.07, 6.45) is 5.64. The standard InChI is InChI=1S/C18H20N2O2/c1-4-16-11-14(2)7-8-17(16)18(12-19,13-20)9-5-6-10-22-15(3)21/h4,8,14,16H,1,7,9-11H2,2-3H3/t14-,16+/m0/s1. The van der Waals surface area contributed by atoms with Gasteiger partial charge < -0.3 is 4.74 Å². The zero-order valence-electron chi connectivity index (χ0n) is 13.1. The molecule has 0 amide bonds. The van der Waals surface area contributed by atoms with Crippen molar-refractivity contribution >= 4 is 5.97 Å². The summed E-state index contributed by atoms with van der Waals surface area (Å²) in [5, 5.41) is 19.1. The van der Waals surface area contributed by atoms with Crippen molar-refractivity contribution in [2.24, 2.45) is 17.3 Å². The number of rotatable bonds is 4. The molecule has 4 nitrogen and oxygen atoms in total. The van der Waals surface area contributed by atoms with Crippen molar-refractivity contribution < 1.29 is 9.53 Å². The van der Waals surface area contributed by atoms with Gasteiger partial charge in [0.05, 0.1) is 12.1 Å². The maximum absolute atomic E-state index is 10.7. The van der Waals surface area contributed by atoms with Gasteiger partial charge in [-0.15, -0.1) is 6.58 Å². The van der Waals surface area contributed by atoms with Gasteiger partial charge in [-0.2, -0.15) is 10.5 Å². The molecule has 0 spiro atoms. The number of hydrogen-bond donors (Lipinski definition) is 0. The maximum atomic E-state index is 10.7. The van der Waals surface area contributed by atoms with Crippen molar-refractivity contribution in [3.05, 3.63) is 24.3 Å². The highest BCUT2D eigenvalue weighted by molar-refractivity contribution is 5.66. The van der Waals surface area contributed by atoms with Crippen LogP contribution in [0.25, 0.3) is 0 Å². The molecule has 4 heteroatoms. The van der Waals surface area contributed by atoms with E-state index >= 15 is 0 Å². The Bertz CT molecular complexity index is 594. The average Bonchev–Trinajstić information content (AvgIpc) is 2.51. The van der Waals surface area contributed by atoms with E-state index in [1.54, 1.807) is 6.08 Å². The van der Waals surface area contributed by atoms with Crippen LogP contribution in [0.5, 0.6) is 0 Å². The molecular formula is C18H20N2O2. The molecule has 1 rings (SSSR count). The Balaban J connectivity index is 2.96. The Hall–Kier alpha value is -2.51. The Morgan fingerprint density at radius 3 is 2.73 bits per heavy atom. The Morgan fingerprint density at radius 1 is 1.50 bits per heavy atom. The van der Waals surface area contributed by atoms with Gasteiger partial charge in [0, 0.05) is 19.3 Å². The Labute approximate surface area is 132 Å². The number of ether oxygens (including phenoxy) is 1. The SMILES string of the molecule is C=C[C@@H]1C[C@@H](C)CC=C1C(C#N)(C#N)CC#CCOC(C)=O. The number of nitriles is 2.